The number of fused-ring (bicyclic) bond motifs is 1. The molecule has 106 valence electrons. The normalized spacial score (nSPS) is 19.6. The number of nitrogens with one attached hydrogen (secondary N) is 2. The molecule has 1 aromatic heterocycles. The van der Waals surface area contributed by atoms with Crippen LogP contribution in [0.25, 0.3) is 10.9 Å². The van der Waals surface area contributed by atoms with Crippen LogP contribution in [0, 0.1) is 13.8 Å². The predicted molar refractivity (Wildman–Crippen MR) is 81.1 cm³/mol. The molecule has 1 atom stereocenters. The largest absolute Gasteiger partial charge is 0.358 e. The lowest BCUT2D eigenvalue weighted by molar-refractivity contribution is 0.0711. The van der Waals surface area contributed by atoms with E-state index in [9.17, 15) is 4.79 Å². The summed E-state index contributed by atoms with van der Waals surface area (Å²) in [7, 11) is 0. The van der Waals surface area contributed by atoms with Gasteiger partial charge in [-0.25, -0.2) is 0 Å². The van der Waals surface area contributed by atoms with Gasteiger partial charge in [0.15, 0.2) is 0 Å². The van der Waals surface area contributed by atoms with Crippen molar-refractivity contribution in [1.82, 2.24) is 15.2 Å². The first-order valence-corrected chi connectivity index (χ1v) is 7.18. The average molecular weight is 271 g/mol. The maximum Gasteiger partial charge on any atom is 0.256 e. The van der Waals surface area contributed by atoms with Gasteiger partial charge < -0.3 is 15.2 Å². The Morgan fingerprint density at radius 1 is 1.35 bits per heavy atom. The van der Waals surface area contributed by atoms with Crippen molar-refractivity contribution in [3.8, 4) is 0 Å². The zero-order chi connectivity index (χ0) is 14.3. The number of rotatable bonds is 1. The van der Waals surface area contributed by atoms with Gasteiger partial charge in [-0.05, 0) is 32.4 Å². The lowest BCUT2D eigenvalue weighted by atomic mass is 10.1. The number of aryl methyl sites for hydroxylation is 2. The van der Waals surface area contributed by atoms with Crippen LogP contribution in [0.15, 0.2) is 18.2 Å². The molecule has 0 saturated carbocycles. The monoisotopic (exact) mass is 271 g/mol. The van der Waals surface area contributed by atoms with Crippen molar-refractivity contribution < 1.29 is 4.79 Å². The first-order valence-electron chi connectivity index (χ1n) is 7.18. The molecule has 1 fully saturated rings. The quantitative estimate of drug-likeness (QED) is 0.835. The van der Waals surface area contributed by atoms with Crippen LogP contribution in [0.4, 0.5) is 0 Å². The van der Waals surface area contributed by atoms with Crippen molar-refractivity contribution in [2.75, 3.05) is 19.6 Å². The molecule has 2 N–H and O–H groups in total. The minimum absolute atomic E-state index is 0.130. The summed E-state index contributed by atoms with van der Waals surface area (Å²) in [5, 5.41) is 4.52. The summed E-state index contributed by atoms with van der Waals surface area (Å²) in [6.07, 6.45) is 0. The van der Waals surface area contributed by atoms with Gasteiger partial charge in [0.2, 0.25) is 0 Å². The van der Waals surface area contributed by atoms with Crippen molar-refractivity contribution in [2.24, 2.45) is 0 Å². The van der Waals surface area contributed by atoms with E-state index in [-0.39, 0.29) is 5.91 Å². The molecule has 2 heterocycles. The van der Waals surface area contributed by atoms with Crippen LogP contribution < -0.4 is 5.32 Å². The zero-order valence-corrected chi connectivity index (χ0v) is 12.3. The van der Waals surface area contributed by atoms with E-state index in [4.69, 9.17) is 0 Å². The average Bonchev–Trinajstić information content (AvgIpc) is 2.74. The van der Waals surface area contributed by atoms with Crippen LogP contribution in [-0.2, 0) is 0 Å². The molecule has 1 amide bonds. The molecule has 0 bridgehead atoms. The minimum atomic E-state index is 0.130. The molecule has 0 radical (unpaired) electrons. The maximum atomic E-state index is 12.8. The fourth-order valence-electron chi connectivity index (χ4n) is 2.95. The Bertz CT molecular complexity index is 659. The van der Waals surface area contributed by atoms with Crippen molar-refractivity contribution in [2.45, 2.75) is 26.8 Å². The molecule has 1 aliphatic heterocycles. The highest BCUT2D eigenvalue weighted by Crippen LogP contribution is 2.25. The summed E-state index contributed by atoms with van der Waals surface area (Å²) in [5.41, 5.74) is 4.11. The topological polar surface area (TPSA) is 48.1 Å². The van der Waals surface area contributed by atoms with E-state index in [1.54, 1.807) is 0 Å². The van der Waals surface area contributed by atoms with Crippen molar-refractivity contribution in [3.05, 3.63) is 35.0 Å². The van der Waals surface area contributed by atoms with Gasteiger partial charge >= 0.3 is 0 Å². The van der Waals surface area contributed by atoms with Gasteiger partial charge in [-0.15, -0.1) is 0 Å². The molecular weight excluding hydrogens is 250 g/mol. The Hall–Kier alpha value is -1.81. The Morgan fingerprint density at radius 3 is 2.90 bits per heavy atom. The van der Waals surface area contributed by atoms with Crippen LogP contribution in [0.3, 0.4) is 0 Å². The third kappa shape index (κ3) is 2.10. The first-order chi connectivity index (χ1) is 9.58. The predicted octanol–water partition coefficient (Wildman–Crippen LogP) is 2.22. The highest BCUT2D eigenvalue weighted by Gasteiger charge is 2.23. The van der Waals surface area contributed by atoms with Crippen LogP contribution in [0.1, 0.15) is 28.5 Å². The van der Waals surface area contributed by atoms with Gasteiger partial charge in [0.05, 0.1) is 11.1 Å². The smallest absolute Gasteiger partial charge is 0.256 e. The summed E-state index contributed by atoms with van der Waals surface area (Å²) in [6, 6.07) is 6.33. The van der Waals surface area contributed by atoms with Gasteiger partial charge in [0, 0.05) is 36.8 Å². The number of amides is 1. The van der Waals surface area contributed by atoms with E-state index in [0.717, 1.165) is 41.8 Å². The summed E-state index contributed by atoms with van der Waals surface area (Å²) >= 11 is 0. The van der Waals surface area contributed by atoms with Gasteiger partial charge in [0.1, 0.15) is 0 Å². The van der Waals surface area contributed by atoms with Gasteiger partial charge in [-0.1, -0.05) is 12.1 Å². The summed E-state index contributed by atoms with van der Waals surface area (Å²) in [6.45, 7) is 8.67. The van der Waals surface area contributed by atoms with E-state index in [2.05, 4.69) is 37.1 Å². The number of para-hydroxylation sites is 1. The second kappa shape index (κ2) is 4.94. The number of nitrogens with zero attached hydrogens (tertiary/aromatic N) is 1. The second-order valence-corrected chi connectivity index (χ2v) is 5.71. The van der Waals surface area contributed by atoms with Crippen LogP contribution in [0.2, 0.25) is 0 Å². The first kappa shape index (κ1) is 13.2. The van der Waals surface area contributed by atoms with Crippen molar-refractivity contribution in [3.63, 3.8) is 0 Å². The van der Waals surface area contributed by atoms with Crippen LogP contribution in [-0.4, -0.2) is 41.5 Å². The number of carbonyl (C=O) groups is 1. The van der Waals surface area contributed by atoms with Crippen LogP contribution >= 0.6 is 0 Å². The van der Waals surface area contributed by atoms with E-state index in [1.165, 1.54) is 5.56 Å². The Labute approximate surface area is 119 Å². The Kier molecular flexibility index (Phi) is 3.26. The van der Waals surface area contributed by atoms with E-state index in [1.807, 2.05) is 17.0 Å². The fraction of sp³-hybridized carbons (Fsp3) is 0.438. The molecule has 3 rings (SSSR count). The van der Waals surface area contributed by atoms with E-state index < -0.39 is 0 Å². The standard InChI is InChI=1S/C16H21N3O/c1-10-9-19(8-7-17-10)16(20)14-6-4-5-13-11(2)12(3)18-15(13)14/h4-6,10,17-18H,7-9H2,1-3H3/t10-/m1/s1. The number of H-pyrrole nitrogens is 1. The number of hydrogen-bond acceptors (Lipinski definition) is 2. The Balaban J connectivity index is 2.01. The number of hydrogen-bond donors (Lipinski definition) is 2. The maximum absolute atomic E-state index is 12.8. The number of benzene rings is 1. The van der Waals surface area contributed by atoms with Gasteiger partial charge in [-0.3, -0.25) is 4.79 Å². The van der Waals surface area contributed by atoms with Crippen molar-refractivity contribution in [1.29, 1.82) is 0 Å². The molecule has 2 aromatic rings. The SMILES string of the molecule is Cc1[nH]c2c(C(=O)N3CCN[C@H](C)C3)cccc2c1C. The highest BCUT2D eigenvalue weighted by atomic mass is 16.2. The molecular formula is C16H21N3O. The summed E-state index contributed by atoms with van der Waals surface area (Å²) < 4.78 is 0. The summed E-state index contributed by atoms with van der Waals surface area (Å²) in [5.74, 6) is 0.130. The van der Waals surface area contributed by atoms with Gasteiger partial charge in [0.25, 0.3) is 5.91 Å². The molecule has 1 aliphatic rings. The molecule has 4 heteroatoms. The lowest BCUT2D eigenvalue weighted by Gasteiger charge is -2.32. The van der Waals surface area contributed by atoms with Crippen molar-refractivity contribution >= 4 is 16.8 Å². The number of piperazine rings is 1. The van der Waals surface area contributed by atoms with Crippen LogP contribution in [0.5, 0.6) is 0 Å². The number of carbonyl (C=O) groups excluding carboxylic acids is 1. The summed E-state index contributed by atoms with van der Waals surface area (Å²) in [4.78, 5) is 18.1. The third-order valence-corrected chi connectivity index (χ3v) is 4.23. The van der Waals surface area contributed by atoms with E-state index >= 15 is 0 Å². The second-order valence-electron chi connectivity index (χ2n) is 5.71. The molecule has 1 saturated heterocycles. The minimum Gasteiger partial charge on any atom is -0.358 e. The molecule has 20 heavy (non-hydrogen) atoms. The highest BCUT2D eigenvalue weighted by molar-refractivity contribution is 6.06. The third-order valence-electron chi connectivity index (χ3n) is 4.23. The molecule has 0 aliphatic carbocycles. The molecule has 0 spiro atoms. The lowest BCUT2D eigenvalue weighted by Crippen LogP contribution is -2.51. The zero-order valence-electron chi connectivity index (χ0n) is 12.3. The van der Waals surface area contributed by atoms with Gasteiger partial charge in [-0.2, -0.15) is 0 Å². The molecule has 4 nitrogen and oxygen atoms in total. The Morgan fingerprint density at radius 2 is 2.15 bits per heavy atom. The number of aromatic amines is 1. The van der Waals surface area contributed by atoms with E-state index in [0.29, 0.717) is 6.04 Å². The fourth-order valence-corrected chi connectivity index (χ4v) is 2.95. The molecule has 0 unspecified atom stereocenters. The number of aromatic nitrogens is 1. The molecule has 1 aromatic carbocycles.